The summed E-state index contributed by atoms with van der Waals surface area (Å²) in [7, 11) is -7.15. The van der Waals surface area contributed by atoms with Gasteiger partial charge in [-0.25, -0.2) is 16.8 Å². The lowest BCUT2D eigenvalue weighted by Crippen LogP contribution is -2.37. The lowest BCUT2D eigenvalue weighted by molar-refractivity contribution is 0.171. The third-order valence-electron chi connectivity index (χ3n) is 5.12. The van der Waals surface area contributed by atoms with Crippen LogP contribution in [0.1, 0.15) is 24.5 Å². The van der Waals surface area contributed by atoms with E-state index in [0.717, 1.165) is 11.1 Å². The molecule has 2 aromatic rings. The molecule has 0 unspecified atom stereocenters. The maximum atomic E-state index is 12.9. The van der Waals surface area contributed by atoms with E-state index >= 15 is 0 Å². The van der Waals surface area contributed by atoms with E-state index in [1.807, 2.05) is 13.0 Å². The fourth-order valence-electron chi connectivity index (χ4n) is 3.62. The van der Waals surface area contributed by atoms with Gasteiger partial charge in [-0.15, -0.1) is 0 Å². The van der Waals surface area contributed by atoms with Crippen molar-refractivity contribution in [3.8, 4) is 11.5 Å². The molecule has 2 aromatic carbocycles. The molecule has 0 radical (unpaired) electrons. The quantitative estimate of drug-likeness (QED) is 0.722. The number of hydrogen-bond donors (Lipinski definition) is 1. The molecule has 2 aliphatic heterocycles. The van der Waals surface area contributed by atoms with Gasteiger partial charge in [0.05, 0.1) is 10.6 Å². The number of benzene rings is 2. The van der Waals surface area contributed by atoms with Crippen LogP contribution in [0.25, 0.3) is 0 Å². The molecule has 1 N–H and O–H groups in total. The van der Waals surface area contributed by atoms with E-state index in [9.17, 15) is 16.8 Å². The fourth-order valence-corrected chi connectivity index (χ4v) is 6.17. The average Bonchev–Trinajstić information content (AvgIpc) is 2.72. The lowest BCUT2D eigenvalue weighted by Gasteiger charge is -2.28. The van der Waals surface area contributed by atoms with Crippen molar-refractivity contribution in [1.82, 2.24) is 4.31 Å². The normalized spacial score (nSPS) is 16.7. The Morgan fingerprint density at radius 2 is 1.73 bits per heavy atom. The van der Waals surface area contributed by atoms with Crippen molar-refractivity contribution in [2.24, 2.45) is 0 Å². The van der Waals surface area contributed by atoms with Crippen LogP contribution in [0.5, 0.6) is 11.5 Å². The number of ether oxygens (including phenoxy) is 2. The van der Waals surface area contributed by atoms with Crippen LogP contribution in [0.2, 0.25) is 0 Å². The monoisotopic (exact) mass is 452 g/mol. The molecule has 0 fully saturated rings. The molecule has 0 atom stereocenters. The number of anilines is 1. The van der Waals surface area contributed by atoms with Gasteiger partial charge in [-0.3, -0.25) is 4.72 Å². The Bertz CT molecular complexity index is 1160. The highest BCUT2D eigenvalue weighted by atomic mass is 32.2. The van der Waals surface area contributed by atoms with E-state index in [1.165, 1.54) is 16.4 Å². The number of nitrogens with one attached hydrogen (secondary N) is 1. The first-order valence-electron chi connectivity index (χ1n) is 9.80. The van der Waals surface area contributed by atoms with E-state index in [2.05, 4.69) is 4.72 Å². The fraction of sp³-hybridized carbons (Fsp3) is 0.400. The van der Waals surface area contributed by atoms with Crippen molar-refractivity contribution < 1.29 is 26.3 Å². The number of fused-ring (bicyclic) bond motifs is 2. The molecule has 4 rings (SSSR count). The molecule has 2 heterocycles. The van der Waals surface area contributed by atoms with Crippen LogP contribution in [-0.4, -0.2) is 46.7 Å². The van der Waals surface area contributed by atoms with Crippen LogP contribution in [0.15, 0.2) is 41.3 Å². The molecule has 0 aromatic heterocycles. The smallest absolute Gasteiger partial charge is 0.262 e. The molecule has 0 saturated carbocycles. The summed E-state index contributed by atoms with van der Waals surface area (Å²) < 4.78 is 65.5. The van der Waals surface area contributed by atoms with Gasteiger partial charge >= 0.3 is 0 Å². The highest BCUT2D eigenvalue weighted by Crippen LogP contribution is 2.33. The largest absolute Gasteiger partial charge is 0.486 e. The SMILES string of the molecule is CCCS(=O)(=O)N1CCc2ccc(NS(=O)(=O)c3ccc4c(c3)OCCO4)cc2C1. The van der Waals surface area contributed by atoms with Crippen molar-refractivity contribution in [2.45, 2.75) is 31.2 Å². The first-order valence-corrected chi connectivity index (χ1v) is 12.9. The zero-order valence-corrected chi connectivity index (χ0v) is 18.3. The summed E-state index contributed by atoms with van der Waals surface area (Å²) in [5.74, 6) is 1.02. The Balaban J connectivity index is 1.56. The van der Waals surface area contributed by atoms with Crippen molar-refractivity contribution in [3.63, 3.8) is 0 Å². The van der Waals surface area contributed by atoms with Crippen molar-refractivity contribution >= 4 is 25.7 Å². The second-order valence-corrected chi connectivity index (χ2v) is 11.1. The lowest BCUT2D eigenvalue weighted by atomic mass is 10.0. The van der Waals surface area contributed by atoms with Gasteiger partial charge in [-0.2, -0.15) is 4.31 Å². The highest BCUT2D eigenvalue weighted by molar-refractivity contribution is 7.92. The number of nitrogens with zero attached hydrogens (tertiary/aromatic N) is 1. The predicted molar refractivity (Wildman–Crippen MR) is 113 cm³/mol. The number of rotatable bonds is 6. The maximum Gasteiger partial charge on any atom is 0.262 e. The standard InChI is InChI=1S/C20H24N2O6S2/c1-2-11-29(23,24)22-8-7-15-3-4-17(12-16(15)14-22)21-30(25,26)18-5-6-19-20(13-18)28-10-9-27-19/h3-6,12-13,21H,2,7-11,14H2,1H3. The van der Waals surface area contributed by atoms with Crippen LogP contribution in [-0.2, 0) is 33.0 Å². The molecule has 10 heteroatoms. The van der Waals surface area contributed by atoms with Gasteiger partial charge in [0.25, 0.3) is 10.0 Å². The Kier molecular flexibility index (Phi) is 5.65. The third-order valence-corrected chi connectivity index (χ3v) is 8.52. The van der Waals surface area contributed by atoms with Gasteiger partial charge in [0, 0.05) is 24.8 Å². The van der Waals surface area contributed by atoms with Gasteiger partial charge in [-0.05, 0) is 48.2 Å². The molecule has 0 saturated heterocycles. The Labute approximate surface area is 176 Å². The summed E-state index contributed by atoms with van der Waals surface area (Å²) in [6, 6.07) is 9.73. The van der Waals surface area contributed by atoms with Crippen molar-refractivity contribution in [3.05, 3.63) is 47.5 Å². The molecule has 0 aliphatic carbocycles. The van der Waals surface area contributed by atoms with Gasteiger partial charge < -0.3 is 9.47 Å². The van der Waals surface area contributed by atoms with Crippen LogP contribution < -0.4 is 14.2 Å². The summed E-state index contributed by atoms with van der Waals surface area (Å²) in [4.78, 5) is 0.0663. The van der Waals surface area contributed by atoms with E-state index < -0.39 is 20.0 Å². The number of sulfonamides is 2. The maximum absolute atomic E-state index is 12.9. The molecule has 0 bridgehead atoms. The van der Waals surface area contributed by atoms with E-state index in [4.69, 9.17) is 9.47 Å². The van der Waals surface area contributed by atoms with Crippen LogP contribution in [0.3, 0.4) is 0 Å². The summed E-state index contributed by atoms with van der Waals surface area (Å²) >= 11 is 0. The van der Waals surface area contributed by atoms with Gasteiger partial charge in [0.15, 0.2) is 11.5 Å². The molecule has 162 valence electrons. The zero-order valence-electron chi connectivity index (χ0n) is 16.6. The van der Waals surface area contributed by atoms with Gasteiger partial charge in [-0.1, -0.05) is 13.0 Å². The summed E-state index contributed by atoms with van der Waals surface area (Å²) in [6.07, 6.45) is 1.16. The Hall–Kier alpha value is -2.30. The van der Waals surface area contributed by atoms with Crippen LogP contribution >= 0.6 is 0 Å². The first-order chi connectivity index (χ1) is 14.3. The molecule has 8 nitrogen and oxygen atoms in total. The highest BCUT2D eigenvalue weighted by Gasteiger charge is 2.26. The van der Waals surface area contributed by atoms with Crippen molar-refractivity contribution in [1.29, 1.82) is 0 Å². The van der Waals surface area contributed by atoms with E-state index in [1.54, 1.807) is 18.2 Å². The second kappa shape index (κ2) is 8.09. The first kappa shape index (κ1) is 21.0. The van der Waals surface area contributed by atoms with Crippen LogP contribution in [0, 0.1) is 0 Å². The second-order valence-electron chi connectivity index (χ2n) is 7.29. The molecule has 0 amide bonds. The Morgan fingerprint density at radius 1 is 0.967 bits per heavy atom. The van der Waals surface area contributed by atoms with E-state index in [0.29, 0.717) is 49.8 Å². The number of hydrogen-bond acceptors (Lipinski definition) is 6. The Morgan fingerprint density at radius 3 is 2.50 bits per heavy atom. The topological polar surface area (TPSA) is 102 Å². The van der Waals surface area contributed by atoms with E-state index in [-0.39, 0.29) is 17.2 Å². The molecule has 2 aliphatic rings. The third kappa shape index (κ3) is 4.26. The van der Waals surface area contributed by atoms with Crippen molar-refractivity contribution in [2.75, 3.05) is 30.2 Å². The minimum Gasteiger partial charge on any atom is -0.486 e. The van der Waals surface area contributed by atoms with Crippen LogP contribution in [0.4, 0.5) is 5.69 Å². The molecular weight excluding hydrogens is 428 g/mol. The predicted octanol–water partition coefficient (Wildman–Crippen LogP) is 2.36. The molecule has 30 heavy (non-hydrogen) atoms. The summed E-state index contributed by atoms with van der Waals surface area (Å²) in [5.41, 5.74) is 2.22. The summed E-state index contributed by atoms with van der Waals surface area (Å²) in [6.45, 7) is 3.32. The molecular formula is C20H24N2O6S2. The minimum absolute atomic E-state index is 0.0663. The van der Waals surface area contributed by atoms with Gasteiger partial charge in [0.1, 0.15) is 13.2 Å². The zero-order chi connectivity index (χ0) is 21.4. The minimum atomic E-state index is -3.84. The van der Waals surface area contributed by atoms with Gasteiger partial charge in [0.2, 0.25) is 10.0 Å². The average molecular weight is 453 g/mol. The summed E-state index contributed by atoms with van der Waals surface area (Å²) in [5, 5.41) is 0. The molecule has 0 spiro atoms.